The van der Waals surface area contributed by atoms with Gasteiger partial charge in [-0.05, 0) is 69.9 Å². The molecule has 0 saturated heterocycles. The van der Waals surface area contributed by atoms with Crippen LogP contribution in [0.5, 0.6) is 11.5 Å². The molecule has 194 valence electrons. The Morgan fingerprint density at radius 3 is 2.33 bits per heavy atom. The fourth-order valence-electron chi connectivity index (χ4n) is 3.97. The number of methoxy groups -OCH3 is 1. The number of nitrogens with zero attached hydrogens (tertiary/aromatic N) is 1. The van der Waals surface area contributed by atoms with Crippen LogP contribution in [-0.4, -0.2) is 53.2 Å². The Kier molecular flexibility index (Phi) is 8.12. The van der Waals surface area contributed by atoms with Gasteiger partial charge in [-0.2, -0.15) is 0 Å². The Labute approximate surface area is 211 Å². The van der Waals surface area contributed by atoms with Crippen molar-refractivity contribution in [2.75, 3.05) is 19.0 Å². The fraction of sp³-hybridized carbons (Fsp3) is 0.444. The quantitative estimate of drug-likeness (QED) is 0.504. The normalized spacial score (nSPS) is 17.5. The van der Waals surface area contributed by atoms with E-state index in [2.05, 4.69) is 10.6 Å². The van der Waals surface area contributed by atoms with Gasteiger partial charge in [0.2, 0.25) is 5.91 Å². The number of ether oxygens (including phenoxy) is 2. The van der Waals surface area contributed by atoms with Crippen LogP contribution in [0.25, 0.3) is 0 Å². The second-order valence-electron chi connectivity index (χ2n) is 10.1. The van der Waals surface area contributed by atoms with Crippen LogP contribution in [0.4, 0.5) is 10.5 Å². The molecule has 9 nitrogen and oxygen atoms in total. The van der Waals surface area contributed by atoms with E-state index in [1.807, 2.05) is 6.92 Å². The third kappa shape index (κ3) is 6.68. The summed E-state index contributed by atoms with van der Waals surface area (Å²) in [7, 11) is 1.55. The Morgan fingerprint density at radius 2 is 1.78 bits per heavy atom. The van der Waals surface area contributed by atoms with Crippen molar-refractivity contribution < 1.29 is 29.0 Å². The average Bonchev–Trinajstić information content (AvgIpc) is 3.53. The van der Waals surface area contributed by atoms with E-state index in [1.165, 1.54) is 4.90 Å². The van der Waals surface area contributed by atoms with Gasteiger partial charge in [0.05, 0.1) is 7.11 Å². The molecule has 3 amide bonds. The molecule has 2 aromatic carbocycles. The number of phenols is 1. The van der Waals surface area contributed by atoms with E-state index in [0.717, 1.165) is 0 Å². The van der Waals surface area contributed by atoms with Gasteiger partial charge in [-0.1, -0.05) is 25.1 Å². The summed E-state index contributed by atoms with van der Waals surface area (Å²) in [5.74, 6) is -0.188. The van der Waals surface area contributed by atoms with Crippen molar-refractivity contribution in [2.45, 2.75) is 58.7 Å². The maximum Gasteiger partial charge on any atom is 0.408 e. The number of alkyl carbamates (subject to hydrolysis) is 1. The summed E-state index contributed by atoms with van der Waals surface area (Å²) in [4.78, 5) is 40.8. The molecule has 3 rings (SSSR count). The molecule has 0 radical (unpaired) electrons. The van der Waals surface area contributed by atoms with Crippen LogP contribution >= 0.6 is 0 Å². The third-order valence-electron chi connectivity index (χ3n) is 5.94. The predicted octanol–water partition coefficient (Wildman–Crippen LogP) is 4.15. The zero-order valence-electron chi connectivity index (χ0n) is 21.6. The van der Waals surface area contributed by atoms with Crippen molar-refractivity contribution >= 4 is 23.6 Å². The predicted molar refractivity (Wildman–Crippen MR) is 136 cm³/mol. The summed E-state index contributed by atoms with van der Waals surface area (Å²) in [6.07, 6.45) is -0.0193. The zero-order valence-corrected chi connectivity index (χ0v) is 21.6. The maximum absolute atomic E-state index is 13.7. The number of carbonyl (C=O) groups excluding carboxylic acids is 3. The molecule has 0 bridgehead atoms. The van der Waals surface area contributed by atoms with Gasteiger partial charge in [0.25, 0.3) is 5.91 Å². The molecule has 1 fully saturated rings. The monoisotopic (exact) mass is 497 g/mol. The lowest BCUT2D eigenvalue weighted by molar-refractivity contribution is -0.139. The van der Waals surface area contributed by atoms with Crippen molar-refractivity contribution in [3.8, 4) is 11.5 Å². The third-order valence-corrected chi connectivity index (χ3v) is 5.94. The molecule has 3 unspecified atom stereocenters. The largest absolute Gasteiger partial charge is 0.507 e. The summed E-state index contributed by atoms with van der Waals surface area (Å²) in [6, 6.07) is 10.6. The highest BCUT2D eigenvalue weighted by Gasteiger charge is 2.47. The lowest BCUT2D eigenvalue weighted by atomic mass is 9.99. The summed E-state index contributed by atoms with van der Waals surface area (Å²) in [5, 5.41) is 16.2. The first-order valence-electron chi connectivity index (χ1n) is 11.9. The highest BCUT2D eigenvalue weighted by atomic mass is 16.6. The van der Waals surface area contributed by atoms with Crippen molar-refractivity contribution in [3.05, 3.63) is 53.6 Å². The summed E-state index contributed by atoms with van der Waals surface area (Å²) >= 11 is 0. The lowest BCUT2D eigenvalue weighted by Gasteiger charge is -2.32. The summed E-state index contributed by atoms with van der Waals surface area (Å²) < 4.78 is 10.4. The number of benzene rings is 2. The van der Waals surface area contributed by atoms with E-state index in [9.17, 15) is 19.5 Å². The van der Waals surface area contributed by atoms with Gasteiger partial charge in [-0.25, -0.2) is 4.79 Å². The molecule has 3 atom stereocenters. The van der Waals surface area contributed by atoms with E-state index < -0.39 is 29.6 Å². The number of rotatable bonds is 8. The van der Waals surface area contributed by atoms with Crippen LogP contribution in [0.2, 0.25) is 0 Å². The number of carbonyl (C=O) groups is 3. The van der Waals surface area contributed by atoms with Crippen molar-refractivity contribution in [3.63, 3.8) is 0 Å². The second kappa shape index (κ2) is 10.9. The molecule has 0 aromatic heterocycles. The molecule has 0 aliphatic heterocycles. The van der Waals surface area contributed by atoms with Gasteiger partial charge < -0.3 is 30.1 Å². The van der Waals surface area contributed by atoms with Gasteiger partial charge in [0, 0.05) is 17.3 Å². The smallest absolute Gasteiger partial charge is 0.408 e. The first-order chi connectivity index (χ1) is 16.9. The number of aryl methyl sites for hydroxylation is 1. The van der Waals surface area contributed by atoms with Crippen molar-refractivity contribution in [1.82, 2.24) is 10.2 Å². The maximum atomic E-state index is 13.7. The lowest BCUT2D eigenvalue weighted by Crippen LogP contribution is -2.48. The Morgan fingerprint density at radius 1 is 1.14 bits per heavy atom. The van der Waals surface area contributed by atoms with E-state index in [-0.39, 0.29) is 24.3 Å². The Bertz CT molecular complexity index is 1110. The summed E-state index contributed by atoms with van der Waals surface area (Å²) in [5.41, 5.74) is 0.691. The van der Waals surface area contributed by atoms with Crippen molar-refractivity contribution in [2.24, 2.45) is 5.92 Å². The number of amides is 3. The van der Waals surface area contributed by atoms with E-state index >= 15 is 0 Å². The molecular weight excluding hydrogens is 462 g/mol. The van der Waals surface area contributed by atoms with Gasteiger partial charge in [0.15, 0.2) is 0 Å². The second-order valence-corrected chi connectivity index (χ2v) is 10.1. The fourth-order valence-corrected chi connectivity index (χ4v) is 3.97. The molecule has 3 N–H and O–H groups in total. The number of anilines is 1. The Balaban J connectivity index is 1.93. The minimum absolute atomic E-state index is 0.0569. The first-order valence-corrected chi connectivity index (χ1v) is 11.9. The molecule has 36 heavy (non-hydrogen) atoms. The molecule has 1 saturated carbocycles. The molecular formula is C27H35N3O6. The number of hydrogen-bond acceptors (Lipinski definition) is 6. The van der Waals surface area contributed by atoms with Crippen molar-refractivity contribution in [1.29, 1.82) is 0 Å². The van der Waals surface area contributed by atoms with Crippen LogP contribution < -0.4 is 15.4 Å². The van der Waals surface area contributed by atoms with Crippen LogP contribution in [0, 0.1) is 12.8 Å². The van der Waals surface area contributed by atoms with E-state index in [1.54, 1.807) is 77.3 Å². The molecule has 9 heteroatoms. The molecule has 0 heterocycles. The van der Waals surface area contributed by atoms with E-state index in [0.29, 0.717) is 29.0 Å². The van der Waals surface area contributed by atoms with Crippen LogP contribution in [0.3, 0.4) is 0 Å². The minimum atomic E-state index is -1.12. The van der Waals surface area contributed by atoms with Gasteiger partial charge in [-0.15, -0.1) is 0 Å². The summed E-state index contributed by atoms with van der Waals surface area (Å²) in [6.45, 7) is 8.55. The van der Waals surface area contributed by atoms with Gasteiger partial charge in [0.1, 0.15) is 29.7 Å². The topological polar surface area (TPSA) is 117 Å². The number of para-hydroxylation sites is 1. The number of hydrogen-bond donors (Lipinski definition) is 3. The van der Waals surface area contributed by atoms with Crippen LogP contribution in [-0.2, 0) is 14.3 Å². The first kappa shape index (κ1) is 26.8. The molecule has 1 aliphatic carbocycles. The van der Waals surface area contributed by atoms with Gasteiger partial charge in [-0.3, -0.25) is 9.59 Å². The number of aromatic hydroxyl groups is 1. The number of nitrogens with one attached hydrogen (secondary N) is 2. The Hall–Kier alpha value is -3.75. The highest BCUT2D eigenvalue weighted by Crippen LogP contribution is 2.42. The van der Waals surface area contributed by atoms with Crippen LogP contribution in [0.15, 0.2) is 42.5 Å². The number of phenolic OH excluding ortho intramolecular Hbond substituents is 1. The minimum Gasteiger partial charge on any atom is -0.507 e. The zero-order chi connectivity index (χ0) is 26.6. The van der Waals surface area contributed by atoms with Gasteiger partial charge >= 0.3 is 6.09 Å². The standard InChI is InChI=1S/C27H35N3O6/c1-16-8-7-9-20(24(16)32)23(25(33)29-18-10-12-19(35-6)13-11-18)30(21-14-17(21)2)22(31)15-28-26(34)36-27(3,4)5/h7-13,17,21,23,32H,14-15H2,1-6H3,(H,28,34)(H,29,33). The molecule has 0 spiro atoms. The molecule has 2 aromatic rings. The van der Waals surface area contributed by atoms with E-state index in [4.69, 9.17) is 9.47 Å². The molecule has 1 aliphatic rings. The SMILES string of the molecule is COc1ccc(NC(=O)C(c2cccc(C)c2O)N(C(=O)CNC(=O)OC(C)(C)C)C2CC2C)cc1. The highest BCUT2D eigenvalue weighted by molar-refractivity contribution is 5.99. The van der Waals surface area contributed by atoms with Crippen LogP contribution in [0.1, 0.15) is 51.3 Å². The average molecular weight is 498 g/mol.